The van der Waals surface area contributed by atoms with E-state index in [1.807, 2.05) is 0 Å². The highest BCUT2D eigenvalue weighted by Crippen LogP contribution is 2.20. The number of rotatable bonds is 6. The highest BCUT2D eigenvalue weighted by atomic mass is 16.5. The summed E-state index contributed by atoms with van der Waals surface area (Å²) in [6.45, 7) is 9.48. The third kappa shape index (κ3) is 4.51. The monoisotopic (exact) mass is 262 g/mol. The summed E-state index contributed by atoms with van der Waals surface area (Å²) in [7, 11) is 0. The summed E-state index contributed by atoms with van der Waals surface area (Å²) < 4.78 is 5.44. The molecule has 3 heteroatoms. The summed E-state index contributed by atoms with van der Waals surface area (Å²) in [5.74, 6) is 0.676. The number of benzene rings is 1. The highest BCUT2D eigenvalue weighted by Gasteiger charge is 2.25. The van der Waals surface area contributed by atoms with Crippen molar-refractivity contribution in [3.05, 3.63) is 30.3 Å². The lowest BCUT2D eigenvalue weighted by atomic mass is 9.93. The maximum absolute atomic E-state index is 5.44. The second-order valence-electron chi connectivity index (χ2n) is 5.38. The highest BCUT2D eigenvalue weighted by molar-refractivity contribution is 5.43. The van der Waals surface area contributed by atoms with Crippen LogP contribution in [0.3, 0.4) is 0 Å². The first kappa shape index (κ1) is 14.4. The van der Waals surface area contributed by atoms with E-state index in [-0.39, 0.29) is 0 Å². The third-order valence-electron chi connectivity index (χ3n) is 3.87. The minimum Gasteiger partial charge on any atom is -0.382 e. The van der Waals surface area contributed by atoms with Crippen molar-refractivity contribution in [3.63, 3.8) is 0 Å². The molecule has 0 spiro atoms. The Morgan fingerprint density at radius 2 is 2.11 bits per heavy atom. The van der Waals surface area contributed by atoms with Crippen molar-refractivity contribution in [1.82, 2.24) is 4.90 Å². The first-order chi connectivity index (χ1) is 9.29. The van der Waals surface area contributed by atoms with Crippen molar-refractivity contribution >= 4 is 5.69 Å². The molecule has 106 valence electrons. The summed E-state index contributed by atoms with van der Waals surface area (Å²) in [6.07, 6.45) is 1.21. The minimum atomic E-state index is 0.589. The fraction of sp³-hybridized carbons (Fsp3) is 0.625. The number of hydrogen-bond acceptors (Lipinski definition) is 3. The lowest BCUT2D eigenvalue weighted by molar-refractivity contribution is 0.0912. The molecule has 1 fully saturated rings. The number of nitrogens with one attached hydrogen (secondary N) is 1. The normalized spacial score (nSPS) is 24.3. The molecular weight excluding hydrogens is 236 g/mol. The summed E-state index contributed by atoms with van der Waals surface area (Å²) >= 11 is 0. The van der Waals surface area contributed by atoms with Crippen molar-refractivity contribution in [3.8, 4) is 0 Å². The van der Waals surface area contributed by atoms with Gasteiger partial charge in [0, 0.05) is 38.0 Å². The van der Waals surface area contributed by atoms with E-state index in [0.717, 1.165) is 26.3 Å². The topological polar surface area (TPSA) is 24.5 Å². The van der Waals surface area contributed by atoms with Crippen LogP contribution in [0.15, 0.2) is 30.3 Å². The fourth-order valence-corrected chi connectivity index (χ4v) is 2.74. The van der Waals surface area contributed by atoms with Crippen LogP contribution in [0.1, 0.15) is 20.3 Å². The molecule has 3 nitrogen and oxygen atoms in total. The Bertz CT molecular complexity index is 355. The summed E-state index contributed by atoms with van der Waals surface area (Å²) in [4.78, 5) is 2.52. The number of ether oxygens (including phenoxy) is 1. The van der Waals surface area contributed by atoms with Crippen LogP contribution in [0, 0.1) is 5.92 Å². The Labute approximate surface area is 116 Å². The third-order valence-corrected chi connectivity index (χ3v) is 3.87. The smallest absolute Gasteiger partial charge is 0.0593 e. The lowest BCUT2D eigenvalue weighted by Crippen LogP contribution is -2.46. The van der Waals surface area contributed by atoms with Crippen molar-refractivity contribution < 1.29 is 4.74 Å². The first-order valence-electron chi connectivity index (χ1n) is 7.41. The maximum atomic E-state index is 5.44. The van der Waals surface area contributed by atoms with Gasteiger partial charge >= 0.3 is 0 Å². The zero-order valence-electron chi connectivity index (χ0n) is 12.1. The number of hydrogen-bond donors (Lipinski definition) is 1. The zero-order valence-corrected chi connectivity index (χ0v) is 12.1. The van der Waals surface area contributed by atoms with Crippen LogP contribution in [0.4, 0.5) is 5.69 Å². The van der Waals surface area contributed by atoms with Gasteiger partial charge in [-0.15, -0.1) is 0 Å². The van der Waals surface area contributed by atoms with Gasteiger partial charge in [0.25, 0.3) is 0 Å². The molecule has 2 unspecified atom stereocenters. The standard InChI is InChI=1S/C16H26N2O/c1-3-19-12-11-18-10-9-16(14(2)13-18)17-15-7-5-4-6-8-15/h4-8,14,16-17H,3,9-13H2,1-2H3. The maximum Gasteiger partial charge on any atom is 0.0593 e. The fourth-order valence-electron chi connectivity index (χ4n) is 2.74. The van der Waals surface area contributed by atoms with Gasteiger partial charge in [-0.25, -0.2) is 0 Å². The average Bonchev–Trinajstić information content (AvgIpc) is 2.43. The van der Waals surface area contributed by atoms with Gasteiger partial charge in [-0.05, 0) is 31.4 Å². The molecule has 1 heterocycles. The van der Waals surface area contributed by atoms with Gasteiger partial charge in [-0.2, -0.15) is 0 Å². The van der Waals surface area contributed by atoms with E-state index in [1.54, 1.807) is 0 Å². The molecule has 0 radical (unpaired) electrons. The SMILES string of the molecule is CCOCCN1CCC(Nc2ccccc2)C(C)C1. The lowest BCUT2D eigenvalue weighted by Gasteiger charge is -2.37. The average molecular weight is 262 g/mol. The zero-order chi connectivity index (χ0) is 13.5. The van der Waals surface area contributed by atoms with E-state index in [0.29, 0.717) is 12.0 Å². The summed E-state index contributed by atoms with van der Waals surface area (Å²) in [5, 5.41) is 3.66. The van der Waals surface area contributed by atoms with Gasteiger partial charge in [-0.3, -0.25) is 0 Å². The Kier molecular flexibility index (Phi) is 5.67. The van der Waals surface area contributed by atoms with Gasteiger partial charge in [0.05, 0.1) is 6.61 Å². The van der Waals surface area contributed by atoms with E-state index in [2.05, 4.69) is 54.4 Å². The van der Waals surface area contributed by atoms with Crippen molar-refractivity contribution in [2.75, 3.05) is 38.2 Å². The second kappa shape index (κ2) is 7.51. The predicted molar refractivity (Wildman–Crippen MR) is 80.6 cm³/mol. The molecule has 1 N–H and O–H groups in total. The predicted octanol–water partition coefficient (Wildman–Crippen LogP) is 2.85. The number of para-hydroxylation sites is 1. The molecule has 0 amide bonds. The van der Waals surface area contributed by atoms with Crippen molar-refractivity contribution in [2.45, 2.75) is 26.3 Å². The van der Waals surface area contributed by atoms with E-state index in [9.17, 15) is 0 Å². The van der Waals surface area contributed by atoms with Crippen LogP contribution in [0.25, 0.3) is 0 Å². The number of anilines is 1. The molecule has 1 aromatic rings. The van der Waals surface area contributed by atoms with Crippen LogP contribution in [-0.4, -0.2) is 43.8 Å². The molecular formula is C16H26N2O. The second-order valence-corrected chi connectivity index (χ2v) is 5.38. The van der Waals surface area contributed by atoms with Crippen LogP contribution in [0.2, 0.25) is 0 Å². The molecule has 0 aromatic heterocycles. The van der Waals surface area contributed by atoms with E-state index >= 15 is 0 Å². The van der Waals surface area contributed by atoms with Crippen LogP contribution in [-0.2, 0) is 4.74 Å². The van der Waals surface area contributed by atoms with E-state index in [1.165, 1.54) is 18.7 Å². The molecule has 2 atom stereocenters. The molecule has 1 aliphatic rings. The molecule has 1 aromatic carbocycles. The van der Waals surface area contributed by atoms with Crippen LogP contribution in [0.5, 0.6) is 0 Å². The Morgan fingerprint density at radius 1 is 1.32 bits per heavy atom. The van der Waals surface area contributed by atoms with Crippen LogP contribution < -0.4 is 5.32 Å². The molecule has 2 rings (SSSR count). The van der Waals surface area contributed by atoms with Gasteiger partial charge in [0.15, 0.2) is 0 Å². The number of nitrogens with zero attached hydrogens (tertiary/aromatic N) is 1. The van der Waals surface area contributed by atoms with Gasteiger partial charge in [-0.1, -0.05) is 25.1 Å². The van der Waals surface area contributed by atoms with E-state index in [4.69, 9.17) is 4.74 Å². The van der Waals surface area contributed by atoms with Gasteiger partial charge in [0.2, 0.25) is 0 Å². The molecule has 1 aliphatic heterocycles. The molecule has 0 saturated carbocycles. The summed E-state index contributed by atoms with van der Waals surface area (Å²) in [6, 6.07) is 11.1. The number of likely N-dealkylation sites (tertiary alicyclic amines) is 1. The van der Waals surface area contributed by atoms with Crippen LogP contribution >= 0.6 is 0 Å². The molecule has 0 aliphatic carbocycles. The Balaban J connectivity index is 1.77. The van der Waals surface area contributed by atoms with Crippen molar-refractivity contribution in [1.29, 1.82) is 0 Å². The quantitative estimate of drug-likeness (QED) is 0.798. The van der Waals surface area contributed by atoms with Gasteiger partial charge < -0.3 is 15.0 Å². The molecule has 1 saturated heterocycles. The van der Waals surface area contributed by atoms with E-state index < -0.39 is 0 Å². The minimum absolute atomic E-state index is 0.589. The van der Waals surface area contributed by atoms with Gasteiger partial charge in [0.1, 0.15) is 0 Å². The molecule has 0 bridgehead atoms. The first-order valence-corrected chi connectivity index (χ1v) is 7.41. The Morgan fingerprint density at radius 3 is 2.79 bits per heavy atom. The molecule has 19 heavy (non-hydrogen) atoms. The Hall–Kier alpha value is -1.06. The van der Waals surface area contributed by atoms with Crippen molar-refractivity contribution in [2.24, 2.45) is 5.92 Å². The summed E-state index contributed by atoms with van der Waals surface area (Å²) in [5.41, 5.74) is 1.24. The largest absolute Gasteiger partial charge is 0.382 e. The number of piperidine rings is 1.